The number of hydrogen-bond donors (Lipinski definition) is 2. The first-order valence-electron chi connectivity index (χ1n) is 10.9. The lowest BCUT2D eigenvalue weighted by Crippen LogP contribution is -2.45. The van der Waals surface area contributed by atoms with Crippen LogP contribution in [0.2, 0.25) is 0 Å². The van der Waals surface area contributed by atoms with Crippen molar-refractivity contribution in [2.45, 2.75) is 49.6 Å². The third-order valence-corrected chi connectivity index (χ3v) is 6.88. The van der Waals surface area contributed by atoms with Gasteiger partial charge in [0.1, 0.15) is 5.71 Å². The van der Waals surface area contributed by atoms with Crippen LogP contribution in [0.4, 0.5) is 13.2 Å². The zero-order valence-electron chi connectivity index (χ0n) is 18.0. The number of carbonyl (C=O) groups is 1. The number of amides is 1. The van der Waals surface area contributed by atoms with Crippen molar-refractivity contribution in [3.63, 3.8) is 0 Å². The molecule has 1 aliphatic heterocycles. The van der Waals surface area contributed by atoms with Gasteiger partial charge in [0, 0.05) is 36.1 Å². The van der Waals surface area contributed by atoms with Gasteiger partial charge in [-0.3, -0.25) is 9.79 Å². The Bertz CT molecular complexity index is 1020. The molecule has 3 N–H and O–H groups in total. The second-order valence-electron chi connectivity index (χ2n) is 8.30. The van der Waals surface area contributed by atoms with E-state index in [4.69, 9.17) is 10.7 Å². The summed E-state index contributed by atoms with van der Waals surface area (Å²) in [4.78, 5) is 24.9. The Labute approximate surface area is 194 Å². The second kappa shape index (κ2) is 10.0. The van der Waals surface area contributed by atoms with Crippen molar-refractivity contribution in [2.75, 3.05) is 13.1 Å². The van der Waals surface area contributed by atoms with E-state index in [0.29, 0.717) is 41.9 Å². The highest BCUT2D eigenvalue weighted by Crippen LogP contribution is 2.39. The molecule has 33 heavy (non-hydrogen) atoms. The Morgan fingerprint density at radius 3 is 2.55 bits per heavy atom. The number of imidazole rings is 1. The third-order valence-electron chi connectivity index (χ3n) is 5.68. The summed E-state index contributed by atoms with van der Waals surface area (Å²) in [5.41, 5.74) is 9.09. The fourth-order valence-electron chi connectivity index (χ4n) is 3.73. The topological polar surface area (TPSA) is 87.4 Å². The number of thioether (sulfide) groups is 1. The van der Waals surface area contributed by atoms with E-state index in [0.717, 1.165) is 29.0 Å². The van der Waals surface area contributed by atoms with Gasteiger partial charge in [-0.15, -0.1) is 11.8 Å². The van der Waals surface area contributed by atoms with Gasteiger partial charge in [0.25, 0.3) is 0 Å². The predicted molar refractivity (Wildman–Crippen MR) is 123 cm³/mol. The number of halogens is 3. The molecule has 0 unspecified atom stereocenters. The molecule has 0 spiro atoms. The molecule has 0 radical (unpaired) electrons. The van der Waals surface area contributed by atoms with Gasteiger partial charge in [-0.2, -0.15) is 13.2 Å². The number of alkyl halides is 3. The first-order chi connectivity index (χ1) is 15.8. The molecule has 2 aliphatic rings. The van der Waals surface area contributed by atoms with Gasteiger partial charge >= 0.3 is 12.1 Å². The zero-order chi connectivity index (χ0) is 23.4. The highest BCUT2D eigenvalue weighted by atomic mass is 32.2. The minimum Gasteiger partial charge on any atom is -0.393 e. The van der Waals surface area contributed by atoms with Crippen LogP contribution < -0.4 is 5.73 Å². The molecule has 0 atom stereocenters. The van der Waals surface area contributed by atoms with E-state index in [9.17, 15) is 18.0 Å². The van der Waals surface area contributed by atoms with Crippen LogP contribution in [-0.4, -0.2) is 51.0 Å². The molecule has 2 fully saturated rings. The van der Waals surface area contributed by atoms with E-state index in [1.54, 1.807) is 6.08 Å². The van der Waals surface area contributed by atoms with Crippen LogP contribution in [0.25, 0.3) is 0 Å². The summed E-state index contributed by atoms with van der Waals surface area (Å²) in [6.45, 7) is 0.615. The molecule has 2 heterocycles. The number of allylic oxidation sites excluding steroid dienone is 1. The van der Waals surface area contributed by atoms with Crippen LogP contribution in [0.5, 0.6) is 0 Å². The maximum atomic E-state index is 12.6. The van der Waals surface area contributed by atoms with Crippen molar-refractivity contribution in [2.24, 2.45) is 10.7 Å². The van der Waals surface area contributed by atoms with Crippen LogP contribution in [0.1, 0.15) is 48.7 Å². The molecule has 1 amide bonds. The monoisotopic (exact) mass is 477 g/mol. The molecule has 1 saturated heterocycles. The first kappa shape index (κ1) is 23.4. The predicted octanol–water partition coefficient (Wildman–Crippen LogP) is 4.36. The summed E-state index contributed by atoms with van der Waals surface area (Å²) in [5.74, 6) is -0.585. The molecule has 2 aromatic rings. The van der Waals surface area contributed by atoms with Crippen molar-refractivity contribution in [1.29, 1.82) is 0 Å². The van der Waals surface area contributed by atoms with Gasteiger partial charge in [-0.1, -0.05) is 30.3 Å². The fraction of sp³-hybridized carbons (Fsp3) is 0.435. The molecule has 1 aromatic heterocycles. The Morgan fingerprint density at radius 1 is 1.21 bits per heavy atom. The summed E-state index contributed by atoms with van der Waals surface area (Å²) in [5, 5.41) is 0.555. The van der Waals surface area contributed by atoms with Crippen LogP contribution in [0, 0.1) is 0 Å². The molecule has 4 rings (SSSR count). The minimum absolute atomic E-state index is 0.0348. The number of aromatic nitrogens is 2. The van der Waals surface area contributed by atoms with Crippen LogP contribution in [0.15, 0.2) is 52.6 Å². The summed E-state index contributed by atoms with van der Waals surface area (Å²) in [6.07, 6.45) is 1.99. The van der Waals surface area contributed by atoms with Gasteiger partial charge < -0.3 is 15.6 Å². The number of nitrogens with zero attached hydrogens (tertiary/aromatic N) is 3. The highest BCUT2D eigenvalue weighted by molar-refractivity contribution is 8.03. The van der Waals surface area contributed by atoms with Gasteiger partial charge in [0.15, 0.2) is 5.82 Å². The summed E-state index contributed by atoms with van der Waals surface area (Å²) in [6, 6.07) is 9.86. The Balaban J connectivity index is 1.43. The smallest absolute Gasteiger partial charge is 0.393 e. The molecule has 6 nitrogen and oxygen atoms in total. The number of benzene rings is 1. The Hall–Kier alpha value is -2.75. The summed E-state index contributed by atoms with van der Waals surface area (Å²) < 4.78 is 37.9. The highest BCUT2D eigenvalue weighted by Gasteiger charge is 2.43. The number of rotatable bonds is 7. The van der Waals surface area contributed by atoms with E-state index in [1.807, 2.05) is 36.5 Å². The molecule has 10 heteroatoms. The molecular formula is C23H26F3N5OS. The number of carbonyl (C=O) groups excluding carboxylic acids is 1. The average molecular weight is 478 g/mol. The number of aromatic amines is 1. The molecule has 1 aromatic carbocycles. The largest absolute Gasteiger partial charge is 0.471 e. The average Bonchev–Trinajstić information content (AvgIpc) is 3.53. The lowest BCUT2D eigenvalue weighted by atomic mass is 10.1. The van der Waals surface area contributed by atoms with Crippen molar-refractivity contribution < 1.29 is 18.0 Å². The normalized spacial score (nSPS) is 18.6. The molecule has 0 bridgehead atoms. The van der Waals surface area contributed by atoms with Gasteiger partial charge in [-0.25, -0.2) is 4.98 Å². The van der Waals surface area contributed by atoms with Crippen molar-refractivity contribution in [1.82, 2.24) is 14.9 Å². The maximum absolute atomic E-state index is 12.6. The maximum Gasteiger partial charge on any atom is 0.471 e. The van der Waals surface area contributed by atoms with E-state index >= 15 is 0 Å². The van der Waals surface area contributed by atoms with E-state index in [2.05, 4.69) is 9.97 Å². The number of nitrogens with one attached hydrogen (secondary N) is 1. The molecule has 176 valence electrons. The van der Waals surface area contributed by atoms with Crippen molar-refractivity contribution in [3.8, 4) is 0 Å². The number of nitrogens with two attached hydrogens (primary N) is 1. The Morgan fingerprint density at radius 2 is 1.91 bits per heavy atom. The van der Waals surface area contributed by atoms with Gasteiger partial charge in [0.2, 0.25) is 0 Å². The fourth-order valence-corrected chi connectivity index (χ4v) is 4.74. The van der Waals surface area contributed by atoms with Crippen molar-refractivity contribution >= 4 is 23.4 Å². The minimum atomic E-state index is -4.83. The van der Waals surface area contributed by atoms with Crippen LogP contribution >= 0.6 is 11.8 Å². The quantitative estimate of drug-likeness (QED) is 0.580. The van der Waals surface area contributed by atoms with E-state index < -0.39 is 12.1 Å². The summed E-state index contributed by atoms with van der Waals surface area (Å²) >= 11 is 1.41. The number of piperidine rings is 1. The zero-order valence-corrected chi connectivity index (χ0v) is 18.8. The number of hydrogen-bond acceptors (Lipinski definition) is 5. The number of aliphatic imine (C=N–C) groups is 1. The molecule has 1 saturated carbocycles. The second-order valence-corrected chi connectivity index (χ2v) is 9.68. The number of H-pyrrole nitrogens is 1. The van der Waals surface area contributed by atoms with Crippen LogP contribution in [0.3, 0.4) is 0 Å². The first-order valence-corrected chi connectivity index (χ1v) is 11.8. The summed E-state index contributed by atoms with van der Waals surface area (Å²) in [7, 11) is 0. The SMILES string of the molecule is N/C(=C\C(=NCc1ccccc1)c1ncc(C2CC2)[nH]1)SC1CCN(C(=O)C(F)(F)F)CC1. The van der Waals surface area contributed by atoms with E-state index in [-0.39, 0.29) is 18.3 Å². The Kier molecular flexibility index (Phi) is 7.11. The van der Waals surface area contributed by atoms with Gasteiger partial charge in [0.05, 0.1) is 11.6 Å². The van der Waals surface area contributed by atoms with E-state index in [1.165, 1.54) is 11.8 Å². The molecular weight excluding hydrogens is 451 g/mol. The van der Waals surface area contributed by atoms with Gasteiger partial charge in [-0.05, 0) is 37.3 Å². The molecule has 1 aliphatic carbocycles. The lowest BCUT2D eigenvalue weighted by Gasteiger charge is -2.32. The number of likely N-dealkylation sites (tertiary alicyclic amines) is 1. The standard InChI is InChI=1S/C23H26F3N5OS/c24-23(25,26)22(32)31-10-8-17(9-11-31)33-20(27)12-18(28-13-15-4-2-1-3-5-15)21-29-14-19(30-21)16-6-7-16/h1-5,12,14,16-17H,6-11,13,27H2,(H,29,30)/b20-12+,28-18?. The lowest BCUT2D eigenvalue weighted by molar-refractivity contribution is -0.186. The van der Waals surface area contributed by atoms with Crippen molar-refractivity contribution in [3.05, 3.63) is 64.7 Å². The van der Waals surface area contributed by atoms with Crippen LogP contribution in [-0.2, 0) is 11.3 Å². The third kappa shape index (κ3) is 6.40.